The van der Waals surface area contributed by atoms with Gasteiger partial charge in [0, 0.05) is 17.9 Å². The fourth-order valence-electron chi connectivity index (χ4n) is 3.38. The maximum Gasteiger partial charge on any atom is 0.404 e. The average Bonchev–Trinajstić information content (AvgIpc) is 2.56. The Morgan fingerprint density at radius 1 is 1.00 bits per heavy atom. The summed E-state index contributed by atoms with van der Waals surface area (Å²) >= 11 is 0. The number of nitrogens with two attached hydrogens (primary N) is 1. The number of esters is 1. The summed E-state index contributed by atoms with van der Waals surface area (Å²) in [5, 5.41) is 0. The van der Waals surface area contributed by atoms with Crippen molar-refractivity contribution in [2.45, 2.75) is 64.7 Å². The molecule has 0 aromatic rings. The van der Waals surface area contributed by atoms with Crippen molar-refractivity contribution in [1.82, 2.24) is 0 Å². The summed E-state index contributed by atoms with van der Waals surface area (Å²) in [6.45, 7) is 2.98. The lowest BCUT2D eigenvalue weighted by Crippen LogP contribution is -2.25. The van der Waals surface area contributed by atoms with Gasteiger partial charge in [0.1, 0.15) is 13.2 Å². The van der Waals surface area contributed by atoms with Crippen molar-refractivity contribution >= 4 is 33.7 Å². The van der Waals surface area contributed by atoms with Crippen LogP contribution in [0.25, 0.3) is 0 Å². The summed E-state index contributed by atoms with van der Waals surface area (Å²) in [5.74, 6) is 1.35. The Morgan fingerprint density at radius 3 is 2.21 bits per heavy atom. The smallest absolute Gasteiger partial charge is 0.404 e. The van der Waals surface area contributed by atoms with Gasteiger partial charge in [0.05, 0.1) is 0 Å². The van der Waals surface area contributed by atoms with Crippen LogP contribution in [0.2, 0.25) is 0 Å². The lowest BCUT2D eigenvalue weighted by molar-refractivity contribution is -0.143. The SMILES string of the molecule is CCCC1(CCC(=O)OCCSSCCOC(N)=O)CCCCC1. The third kappa shape index (κ3) is 9.67. The number of rotatable bonds is 12. The topological polar surface area (TPSA) is 78.6 Å². The molecule has 0 saturated heterocycles. The summed E-state index contributed by atoms with van der Waals surface area (Å²) < 4.78 is 9.95. The van der Waals surface area contributed by atoms with Gasteiger partial charge < -0.3 is 15.2 Å². The van der Waals surface area contributed by atoms with Crippen molar-refractivity contribution in [2.24, 2.45) is 11.1 Å². The minimum atomic E-state index is -0.742. The zero-order chi connectivity index (χ0) is 17.7. The molecule has 1 fully saturated rings. The van der Waals surface area contributed by atoms with Gasteiger partial charge >= 0.3 is 12.1 Å². The Labute approximate surface area is 153 Å². The molecule has 24 heavy (non-hydrogen) atoms. The highest BCUT2D eigenvalue weighted by molar-refractivity contribution is 8.76. The molecule has 140 valence electrons. The fraction of sp³-hybridized carbons (Fsp3) is 0.882. The minimum Gasteiger partial charge on any atom is -0.465 e. The Morgan fingerprint density at radius 2 is 1.62 bits per heavy atom. The molecule has 1 saturated carbocycles. The van der Waals surface area contributed by atoms with Crippen molar-refractivity contribution < 1.29 is 19.1 Å². The van der Waals surface area contributed by atoms with Gasteiger partial charge in [0.25, 0.3) is 0 Å². The molecule has 1 rings (SSSR count). The standard InChI is InChI=1S/C17H31NO4S2/c1-2-7-17(8-4-3-5-9-17)10-6-15(19)21-11-13-23-24-14-12-22-16(18)20/h2-14H2,1H3,(H2,18,20). The molecule has 0 aliphatic heterocycles. The van der Waals surface area contributed by atoms with Gasteiger partial charge in [-0.25, -0.2) is 4.79 Å². The zero-order valence-electron chi connectivity index (χ0n) is 14.7. The van der Waals surface area contributed by atoms with E-state index in [1.54, 1.807) is 21.6 Å². The normalized spacial score (nSPS) is 16.5. The highest BCUT2D eigenvalue weighted by Gasteiger charge is 2.31. The molecular weight excluding hydrogens is 346 g/mol. The first kappa shape index (κ1) is 21.5. The molecule has 1 amide bonds. The van der Waals surface area contributed by atoms with E-state index < -0.39 is 6.09 Å². The van der Waals surface area contributed by atoms with Crippen molar-refractivity contribution in [1.29, 1.82) is 0 Å². The molecule has 2 N–H and O–H groups in total. The molecule has 5 nitrogen and oxygen atoms in total. The predicted molar refractivity (Wildman–Crippen MR) is 101 cm³/mol. The first-order valence-corrected chi connectivity index (χ1v) is 11.4. The Balaban J connectivity index is 2.05. The van der Waals surface area contributed by atoms with Crippen molar-refractivity contribution in [2.75, 3.05) is 24.7 Å². The molecule has 0 atom stereocenters. The van der Waals surface area contributed by atoms with Gasteiger partial charge in [-0.1, -0.05) is 54.2 Å². The second kappa shape index (κ2) is 12.8. The number of hydrogen-bond acceptors (Lipinski definition) is 6. The fourth-order valence-corrected chi connectivity index (χ4v) is 5.03. The summed E-state index contributed by atoms with van der Waals surface area (Å²) in [4.78, 5) is 22.3. The van der Waals surface area contributed by atoms with E-state index in [1.165, 1.54) is 44.9 Å². The quantitative estimate of drug-likeness (QED) is 0.306. The van der Waals surface area contributed by atoms with Crippen molar-refractivity contribution in [3.63, 3.8) is 0 Å². The third-order valence-electron chi connectivity index (χ3n) is 4.48. The maximum atomic E-state index is 11.9. The van der Waals surface area contributed by atoms with Crippen LogP contribution < -0.4 is 5.73 Å². The number of amides is 1. The van der Waals surface area contributed by atoms with Gasteiger partial charge in [0.2, 0.25) is 0 Å². The summed E-state index contributed by atoms with van der Waals surface area (Å²) in [7, 11) is 3.19. The predicted octanol–water partition coefficient (Wildman–Crippen LogP) is 4.54. The average molecular weight is 378 g/mol. The van der Waals surface area contributed by atoms with Crippen LogP contribution in [0.3, 0.4) is 0 Å². The molecule has 0 aromatic heterocycles. The summed E-state index contributed by atoms with van der Waals surface area (Å²) in [6.07, 6.45) is 9.72. The molecule has 0 radical (unpaired) electrons. The second-order valence-electron chi connectivity index (χ2n) is 6.34. The first-order valence-electron chi connectivity index (χ1n) is 8.90. The number of ether oxygens (including phenoxy) is 2. The van der Waals surface area contributed by atoms with E-state index >= 15 is 0 Å². The van der Waals surface area contributed by atoms with Gasteiger partial charge in [0.15, 0.2) is 0 Å². The van der Waals surface area contributed by atoms with Crippen LogP contribution in [-0.2, 0) is 14.3 Å². The molecule has 0 heterocycles. The van der Waals surface area contributed by atoms with Crippen LogP contribution in [-0.4, -0.2) is 36.8 Å². The molecule has 0 spiro atoms. The summed E-state index contributed by atoms with van der Waals surface area (Å²) in [6, 6.07) is 0. The van der Waals surface area contributed by atoms with E-state index in [1.807, 2.05) is 0 Å². The van der Waals surface area contributed by atoms with Gasteiger partial charge in [-0.15, -0.1) is 0 Å². The van der Waals surface area contributed by atoms with E-state index in [0.717, 1.165) is 12.2 Å². The molecular formula is C17H31NO4S2. The number of primary amides is 1. The monoisotopic (exact) mass is 377 g/mol. The zero-order valence-corrected chi connectivity index (χ0v) is 16.4. The highest BCUT2D eigenvalue weighted by atomic mass is 33.1. The minimum absolute atomic E-state index is 0.0706. The van der Waals surface area contributed by atoms with E-state index in [0.29, 0.717) is 30.8 Å². The van der Waals surface area contributed by atoms with E-state index in [2.05, 4.69) is 11.7 Å². The Bertz CT molecular complexity index is 368. The summed E-state index contributed by atoms with van der Waals surface area (Å²) in [5.41, 5.74) is 5.25. The van der Waals surface area contributed by atoms with Crippen LogP contribution in [0.15, 0.2) is 0 Å². The lowest BCUT2D eigenvalue weighted by Gasteiger charge is -2.37. The lowest BCUT2D eigenvalue weighted by atomic mass is 9.68. The van der Waals surface area contributed by atoms with Crippen LogP contribution in [0.1, 0.15) is 64.7 Å². The van der Waals surface area contributed by atoms with Gasteiger partial charge in [-0.2, -0.15) is 0 Å². The maximum absolute atomic E-state index is 11.9. The van der Waals surface area contributed by atoms with Crippen molar-refractivity contribution in [3.05, 3.63) is 0 Å². The highest BCUT2D eigenvalue weighted by Crippen LogP contribution is 2.43. The second-order valence-corrected chi connectivity index (χ2v) is 9.04. The molecule has 1 aliphatic rings. The molecule has 7 heteroatoms. The number of carbonyl (C=O) groups excluding carboxylic acids is 2. The van der Waals surface area contributed by atoms with Crippen LogP contribution in [0.5, 0.6) is 0 Å². The Kier molecular flexibility index (Phi) is 11.4. The van der Waals surface area contributed by atoms with Crippen LogP contribution >= 0.6 is 21.6 Å². The number of carbonyl (C=O) groups is 2. The third-order valence-corrected chi connectivity index (χ3v) is 6.81. The van der Waals surface area contributed by atoms with Crippen LogP contribution in [0.4, 0.5) is 4.79 Å². The van der Waals surface area contributed by atoms with Crippen molar-refractivity contribution in [3.8, 4) is 0 Å². The largest absolute Gasteiger partial charge is 0.465 e. The molecule has 0 bridgehead atoms. The van der Waals surface area contributed by atoms with E-state index in [4.69, 9.17) is 10.5 Å². The Hall–Kier alpha value is -0.560. The van der Waals surface area contributed by atoms with E-state index in [9.17, 15) is 9.59 Å². The molecule has 0 aromatic carbocycles. The van der Waals surface area contributed by atoms with Gasteiger partial charge in [-0.05, 0) is 31.1 Å². The number of hydrogen-bond donors (Lipinski definition) is 1. The first-order chi connectivity index (χ1) is 11.6. The van der Waals surface area contributed by atoms with Crippen LogP contribution in [0, 0.1) is 5.41 Å². The molecule has 1 aliphatic carbocycles. The van der Waals surface area contributed by atoms with E-state index in [-0.39, 0.29) is 5.97 Å². The van der Waals surface area contributed by atoms with Gasteiger partial charge in [-0.3, -0.25) is 4.79 Å². The molecule has 0 unspecified atom stereocenters.